The monoisotopic (exact) mass is 395 g/mol. The molecule has 3 rings (SSSR count). The number of phenols is 1. The van der Waals surface area contributed by atoms with E-state index < -0.39 is 0 Å². The molecule has 0 atom stereocenters. The van der Waals surface area contributed by atoms with Gasteiger partial charge in [-0.05, 0) is 30.3 Å². The second kappa shape index (κ2) is 9.05. The molecule has 1 aromatic heterocycles. The molecule has 0 radical (unpaired) electrons. The van der Waals surface area contributed by atoms with Crippen LogP contribution in [-0.4, -0.2) is 36.8 Å². The number of hydrogen-bond donors (Lipinski definition) is 1. The van der Waals surface area contributed by atoms with Crippen LogP contribution in [0.3, 0.4) is 0 Å². The van der Waals surface area contributed by atoms with Gasteiger partial charge < -0.3 is 14.6 Å². The molecule has 0 saturated heterocycles. The van der Waals surface area contributed by atoms with Gasteiger partial charge in [0.05, 0.1) is 32.7 Å². The Balaban J connectivity index is 2.13. The first-order valence-electron chi connectivity index (χ1n) is 8.54. The summed E-state index contributed by atoms with van der Waals surface area (Å²) in [6.07, 6.45) is 3.31. The van der Waals surface area contributed by atoms with Crippen molar-refractivity contribution in [3.63, 3.8) is 0 Å². The summed E-state index contributed by atoms with van der Waals surface area (Å²) < 4.78 is 12.4. The lowest BCUT2D eigenvalue weighted by Crippen LogP contribution is -2.12. The van der Waals surface area contributed by atoms with Crippen LogP contribution in [0.5, 0.6) is 17.2 Å². The van der Waals surface area contributed by atoms with Crippen molar-refractivity contribution in [1.82, 2.24) is 4.68 Å². The van der Waals surface area contributed by atoms with Crippen LogP contribution in [0.1, 0.15) is 5.56 Å². The molecular formula is C21H21N3O3S. The third kappa shape index (κ3) is 4.15. The SMILES string of the molecule is C=CCN=c1scc(-c2ccccc2OC)n1N=Cc1cc(OC)ccc1O. The van der Waals surface area contributed by atoms with Crippen LogP contribution < -0.4 is 14.3 Å². The van der Waals surface area contributed by atoms with Gasteiger partial charge in [-0.25, -0.2) is 4.68 Å². The topological polar surface area (TPSA) is 68.3 Å². The van der Waals surface area contributed by atoms with Gasteiger partial charge in [0.15, 0.2) is 0 Å². The fraction of sp³-hybridized carbons (Fsp3) is 0.143. The van der Waals surface area contributed by atoms with Gasteiger partial charge in [-0.15, -0.1) is 17.9 Å². The van der Waals surface area contributed by atoms with Gasteiger partial charge in [0.25, 0.3) is 0 Å². The number of hydrogen-bond acceptors (Lipinski definition) is 6. The number of para-hydroxylation sites is 1. The zero-order valence-electron chi connectivity index (χ0n) is 15.7. The highest BCUT2D eigenvalue weighted by atomic mass is 32.1. The highest BCUT2D eigenvalue weighted by Gasteiger charge is 2.12. The Kier molecular flexibility index (Phi) is 6.29. The van der Waals surface area contributed by atoms with Crippen molar-refractivity contribution in [2.75, 3.05) is 20.8 Å². The lowest BCUT2D eigenvalue weighted by Gasteiger charge is -2.09. The van der Waals surface area contributed by atoms with Crippen LogP contribution in [0.25, 0.3) is 11.3 Å². The minimum absolute atomic E-state index is 0.115. The van der Waals surface area contributed by atoms with Gasteiger partial charge in [0, 0.05) is 16.5 Å². The van der Waals surface area contributed by atoms with E-state index in [1.165, 1.54) is 11.3 Å². The van der Waals surface area contributed by atoms with E-state index in [9.17, 15) is 5.11 Å². The molecule has 28 heavy (non-hydrogen) atoms. The number of phenolic OH excluding ortho intramolecular Hbond substituents is 1. The molecule has 6 nitrogen and oxygen atoms in total. The molecule has 144 valence electrons. The van der Waals surface area contributed by atoms with Crippen LogP contribution in [0, 0.1) is 0 Å². The van der Waals surface area contributed by atoms with E-state index in [4.69, 9.17) is 9.47 Å². The Labute approximate surface area is 167 Å². The van der Waals surface area contributed by atoms with Crippen molar-refractivity contribution in [1.29, 1.82) is 0 Å². The molecule has 0 bridgehead atoms. The molecule has 2 aromatic carbocycles. The Morgan fingerprint density at radius 2 is 2.00 bits per heavy atom. The van der Waals surface area contributed by atoms with Crippen LogP contribution in [-0.2, 0) is 0 Å². The second-order valence-electron chi connectivity index (χ2n) is 5.71. The summed E-state index contributed by atoms with van der Waals surface area (Å²) in [5.74, 6) is 1.49. The summed E-state index contributed by atoms with van der Waals surface area (Å²) in [7, 11) is 3.21. The molecule has 0 amide bonds. The first-order valence-corrected chi connectivity index (χ1v) is 9.42. The lowest BCUT2D eigenvalue weighted by molar-refractivity contribution is 0.412. The highest BCUT2D eigenvalue weighted by Crippen LogP contribution is 2.30. The average Bonchev–Trinajstić information content (AvgIpc) is 3.14. The number of aromatic hydroxyl groups is 1. The molecule has 0 fully saturated rings. The number of thiazole rings is 1. The number of ether oxygens (including phenoxy) is 2. The number of nitrogens with zero attached hydrogens (tertiary/aromatic N) is 3. The van der Waals surface area contributed by atoms with Gasteiger partial charge in [-0.2, -0.15) is 5.10 Å². The average molecular weight is 395 g/mol. The maximum Gasteiger partial charge on any atom is 0.206 e. The maximum atomic E-state index is 10.1. The second-order valence-corrected chi connectivity index (χ2v) is 6.55. The summed E-state index contributed by atoms with van der Waals surface area (Å²) in [6, 6.07) is 12.7. The Hall–Kier alpha value is -3.32. The van der Waals surface area contributed by atoms with Crippen molar-refractivity contribution in [3.05, 3.63) is 70.9 Å². The minimum Gasteiger partial charge on any atom is -0.507 e. The van der Waals surface area contributed by atoms with Crippen LogP contribution in [0.15, 0.2) is 70.6 Å². The molecule has 3 aromatic rings. The normalized spacial score (nSPS) is 11.7. The van der Waals surface area contributed by atoms with Crippen molar-refractivity contribution < 1.29 is 14.6 Å². The van der Waals surface area contributed by atoms with Crippen molar-refractivity contribution in [3.8, 4) is 28.5 Å². The fourth-order valence-electron chi connectivity index (χ4n) is 2.59. The maximum absolute atomic E-state index is 10.1. The van der Waals surface area contributed by atoms with E-state index in [-0.39, 0.29) is 5.75 Å². The minimum atomic E-state index is 0.115. The smallest absolute Gasteiger partial charge is 0.206 e. The first kappa shape index (κ1) is 19.4. The van der Waals surface area contributed by atoms with E-state index >= 15 is 0 Å². The van der Waals surface area contributed by atoms with Crippen molar-refractivity contribution in [2.45, 2.75) is 0 Å². The molecular weight excluding hydrogens is 374 g/mol. The summed E-state index contributed by atoms with van der Waals surface area (Å²) in [5.41, 5.74) is 2.27. The number of aromatic nitrogens is 1. The van der Waals surface area contributed by atoms with E-state index in [1.807, 2.05) is 29.6 Å². The molecule has 0 aliphatic carbocycles. The molecule has 1 N–H and O–H groups in total. The molecule has 7 heteroatoms. The van der Waals surface area contributed by atoms with E-state index in [0.29, 0.717) is 22.7 Å². The Morgan fingerprint density at radius 1 is 1.18 bits per heavy atom. The standard InChI is InChI=1S/C21H21N3O3S/c1-4-11-22-21-24(23-13-15-12-16(26-2)9-10-19(15)25)18(14-28-21)17-7-5-6-8-20(17)27-3/h4-10,12-14,25H,1,11H2,2-3H3. The number of benzene rings is 2. The summed E-state index contributed by atoms with van der Waals surface area (Å²) in [5, 5.41) is 16.7. The molecule has 0 spiro atoms. The first-order chi connectivity index (χ1) is 13.7. The molecule has 0 aliphatic rings. The fourth-order valence-corrected chi connectivity index (χ4v) is 3.42. The number of methoxy groups -OCH3 is 2. The van der Waals surface area contributed by atoms with Crippen molar-refractivity contribution in [2.24, 2.45) is 10.1 Å². The van der Waals surface area contributed by atoms with Crippen LogP contribution in [0.2, 0.25) is 0 Å². The molecule has 0 unspecified atom stereocenters. The molecule has 0 saturated carbocycles. The highest BCUT2D eigenvalue weighted by molar-refractivity contribution is 7.07. The third-order valence-corrected chi connectivity index (χ3v) is 4.82. The summed E-state index contributed by atoms with van der Waals surface area (Å²) in [6.45, 7) is 4.20. The molecule has 0 aliphatic heterocycles. The Bertz CT molecular complexity index is 1070. The summed E-state index contributed by atoms with van der Waals surface area (Å²) >= 11 is 1.47. The summed E-state index contributed by atoms with van der Waals surface area (Å²) in [4.78, 5) is 5.22. The third-order valence-electron chi connectivity index (χ3n) is 3.97. The van der Waals surface area contributed by atoms with Gasteiger partial charge in [-0.3, -0.25) is 4.99 Å². The van der Waals surface area contributed by atoms with Crippen LogP contribution in [0.4, 0.5) is 0 Å². The van der Waals surface area contributed by atoms with E-state index in [0.717, 1.165) is 17.0 Å². The van der Waals surface area contributed by atoms with Gasteiger partial charge in [0.2, 0.25) is 4.80 Å². The van der Waals surface area contributed by atoms with Gasteiger partial charge in [-0.1, -0.05) is 18.2 Å². The van der Waals surface area contributed by atoms with Gasteiger partial charge in [0.1, 0.15) is 17.2 Å². The quantitative estimate of drug-likeness (QED) is 0.487. The zero-order valence-corrected chi connectivity index (χ0v) is 16.5. The lowest BCUT2D eigenvalue weighted by atomic mass is 10.1. The predicted octanol–water partition coefficient (Wildman–Crippen LogP) is 3.91. The van der Waals surface area contributed by atoms with Crippen LogP contribution >= 0.6 is 11.3 Å². The number of rotatable bonds is 7. The van der Waals surface area contributed by atoms with E-state index in [2.05, 4.69) is 16.7 Å². The molecule has 1 heterocycles. The largest absolute Gasteiger partial charge is 0.507 e. The van der Waals surface area contributed by atoms with Crippen molar-refractivity contribution >= 4 is 17.6 Å². The van der Waals surface area contributed by atoms with Gasteiger partial charge >= 0.3 is 0 Å². The predicted molar refractivity (Wildman–Crippen MR) is 113 cm³/mol. The zero-order chi connectivity index (χ0) is 19.9. The van der Waals surface area contributed by atoms with E-state index in [1.54, 1.807) is 49.4 Å². The Morgan fingerprint density at radius 3 is 2.75 bits per heavy atom.